The van der Waals surface area contributed by atoms with Gasteiger partial charge in [-0.25, -0.2) is 4.39 Å². The molecule has 1 aromatic carbocycles. The molecule has 1 aliphatic heterocycles. The average molecular weight is 294 g/mol. The van der Waals surface area contributed by atoms with Crippen LogP contribution in [0.3, 0.4) is 0 Å². The van der Waals surface area contributed by atoms with Crippen LogP contribution in [0.1, 0.15) is 17.5 Å². The largest absolute Gasteiger partial charge is 0.304 e. The van der Waals surface area contributed by atoms with Crippen LogP contribution in [0.5, 0.6) is 0 Å². The standard InChI is InChI=1S/C16H27FN4/c1-12-4-5-14(17)8-13(12)9-15(19-18)10-16-11-20(2)6-7-21(16)3/h4-5,8,15-16,19H,6-7,9-11,18H2,1-3H3. The van der Waals surface area contributed by atoms with Crippen molar-refractivity contribution in [2.24, 2.45) is 5.84 Å². The van der Waals surface area contributed by atoms with Crippen LogP contribution in [0.2, 0.25) is 0 Å². The van der Waals surface area contributed by atoms with Crippen molar-refractivity contribution in [2.45, 2.75) is 31.8 Å². The summed E-state index contributed by atoms with van der Waals surface area (Å²) < 4.78 is 13.4. The first-order chi connectivity index (χ1) is 9.99. The van der Waals surface area contributed by atoms with Gasteiger partial charge in [0, 0.05) is 31.7 Å². The number of rotatable bonds is 5. The molecule has 21 heavy (non-hydrogen) atoms. The molecule has 0 bridgehead atoms. The van der Waals surface area contributed by atoms with Crippen molar-refractivity contribution in [3.8, 4) is 0 Å². The minimum Gasteiger partial charge on any atom is -0.304 e. The molecule has 0 spiro atoms. The molecule has 3 N–H and O–H groups in total. The predicted octanol–water partition coefficient (Wildman–Crippen LogP) is 1.14. The summed E-state index contributed by atoms with van der Waals surface area (Å²) in [4.78, 5) is 4.74. The number of nitrogens with one attached hydrogen (secondary N) is 1. The summed E-state index contributed by atoms with van der Waals surface area (Å²) in [6.45, 7) is 5.26. The van der Waals surface area contributed by atoms with Gasteiger partial charge in [-0.05, 0) is 57.1 Å². The van der Waals surface area contributed by atoms with Crippen molar-refractivity contribution in [3.63, 3.8) is 0 Å². The van der Waals surface area contributed by atoms with Gasteiger partial charge in [-0.1, -0.05) is 6.07 Å². The number of piperazine rings is 1. The molecule has 4 nitrogen and oxygen atoms in total. The van der Waals surface area contributed by atoms with Gasteiger partial charge in [0.1, 0.15) is 5.82 Å². The lowest BCUT2D eigenvalue weighted by atomic mass is 9.95. The molecule has 1 aromatic rings. The van der Waals surface area contributed by atoms with Gasteiger partial charge in [0.05, 0.1) is 0 Å². The zero-order valence-corrected chi connectivity index (χ0v) is 13.3. The van der Waals surface area contributed by atoms with Gasteiger partial charge in [0.25, 0.3) is 0 Å². The van der Waals surface area contributed by atoms with E-state index in [4.69, 9.17) is 5.84 Å². The molecule has 5 heteroatoms. The van der Waals surface area contributed by atoms with E-state index in [1.165, 1.54) is 6.07 Å². The fourth-order valence-electron chi connectivity index (χ4n) is 3.02. The van der Waals surface area contributed by atoms with E-state index in [1.54, 1.807) is 6.07 Å². The monoisotopic (exact) mass is 294 g/mol. The Kier molecular flexibility index (Phi) is 5.70. The van der Waals surface area contributed by atoms with Crippen LogP contribution < -0.4 is 11.3 Å². The molecule has 0 aromatic heterocycles. The highest BCUT2D eigenvalue weighted by Gasteiger charge is 2.25. The minimum absolute atomic E-state index is 0.157. The van der Waals surface area contributed by atoms with Crippen LogP contribution in [0.15, 0.2) is 18.2 Å². The molecule has 118 valence electrons. The molecule has 0 saturated carbocycles. The third-order valence-corrected chi connectivity index (χ3v) is 4.55. The second kappa shape index (κ2) is 7.31. The Morgan fingerprint density at radius 2 is 2.14 bits per heavy atom. The molecule has 1 heterocycles. The zero-order valence-electron chi connectivity index (χ0n) is 13.3. The van der Waals surface area contributed by atoms with E-state index < -0.39 is 0 Å². The normalized spacial score (nSPS) is 22.4. The van der Waals surface area contributed by atoms with Crippen LogP contribution in [0.4, 0.5) is 4.39 Å². The summed E-state index contributed by atoms with van der Waals surface area (Å²) in [6, 6.07) is 5.60. The summed E-state index contributed by atoms with van der Waals surface area (Å²) in [6.07, 6.45) is 1.72. The fraction of sp³-hybridized carbons (Fsp3) is 0.625. The van der Waals surface area contributed by atoms with Gasteiger partial charge in [-0.2, -0.15) is 0 Å². The van der Waals surface area contributed by atoms with Crippen LogP contribution in [-0.2, 0) is 6.42 Å². The van der Waals surface area contributed by atoms with E-state index in [0.29, 0.717) is 6.04 Å². The summed E-state index contributed by atoms with van der Waals surface area (Å²) in [5, 5.41) is 0. The quantitative estimate of drug-likeness (QED) is 0.631. The molecule has 1 fully saturated rings. The van der Waals surface area contributed by atoms with E-state index in [9.17, 15) is 4.39 Å². The predicted molar refractivity (Wildman–Crippen MR) is 84.5 cm³/mol. The number of nitrogens with two attached hydrogens (primary N) is 1. The summed E-state index contributed by atoms with van der Waals surface area (Å²) in [5.74, 6) is 5.55. The van der Waals surface area contributed by atoms with E-state index in [-0.39, 0.29) is 11.9 Å². The molecule has 0 radical (unpaired) electrons. The average Bonchev–Trinajstić information content (AvgIpc) is 2.45. The van der Waals surface area contributed by atoms with Crippen molar-refractivity contribution in [3.05, 3.63) is 35.1 Å². The number of aryl methyl sites for hydroxylation is 1. The highest BCUT2D eigenvalue weighted by molar-refractivity contribution is 5.27. The number of hydrazine groups is 1. The molecule has 2 rings (SSSR count). The maximum absolute atomic E-state index is 13.4. The molecule has 0 amide bonds. The van der Waals surface area contributed by atoms with E-state index >= 15 is 0 Å². The first-order valence-electron chi connectivity index (χ1n) is 7.59. The van der Waals surface area contributed by atoms with E-state index in [0.717, 1.165) is 43.6 Å². The number of likely N-dealkylation sites (N-methyl/N-ethyl adjacent to an activating group) is 2. The number of hydrogen-bond acceptors (Lipinski definition) is 4. The molecule has 1 saturated heterocycles. The topological polar surface area (TPSA) is 44.5 Å². The number of hydrogen-bond donors (Lipinski definition) is 2. The van der Waals surface area contributed by atoms with Crippen molar-refractivity contribution >= 4 is 0 Å². The van der Waals surface area contributed by atoms with Gasteiger partial charge in [-0.3, -0.25) is 11.3 Å². The summed E-state index contributed by atoms with van der Waals surface area (Å²) >= 11 is 0. The molecule has 2 unspecified atom stereocenters. The lowest BCUT2D eigenvalue weighted by molar-refractivity contribution is 0.101. The highest BCUT2D eigenvalue weighted by atomic mass is 19.1. The van der Waals surface area contributed by atoms with Gasteiger partial charge < -0.3 is 9.80 Å². The Hall–Kier alpha value is -1.01. The van der Waals surface area contributed by atoms with Crippen LogP contribution in [0.25, 0.3) is 0 Å². The Bertz CT molecular complexity index is 466. The maximum Gasteiger partial charge on any atom is 0.123 e. The third kappa shape index (κ3) is 4.48. The van der Waals surface area contributed by atoms with Crippen LogP contribution in [0, 0.1) is 12.7 Å². The first kappa shape index (κ1) is 16.4. The van der Waals surface area contributed by atoms with Gasteiger partial charge >= 0.3 is 0 Å². The lowest BCUT2D eigenvalue weighted by Crippen LogP contribution is -2.53. The molecule has 0 aliphatic carbocycles. The summed E-state index contributed by atoms with van der Waals surface area (Å²) in [7, 11) is 4.32. The highest BCUT2D eigenvalue weighted by Crippen LogP contribution is 2.17. The Balaban J connectivity index is 2.01. The van der Waals surface area contributed by atoms with Crippen molar-refractivity contribution in [1.29, 1.82) is 0 Å². The Labute approximate surface area is 127 Å². The molecule has 2 atom stereocenters. The second-order valence-electron chi connectivity index (χ2n) is 6.27. The van der Waals surface area contributed by atoms with Crippen LogP contribution in [-0.4, -0.2) is 55.6 Å². The smallest absolute Gasteiger partial charge is 0.123 e. The number of halogens is 1. The van der Waals surface area contributed by atoms with E-state index in [2.05, 4.69) is 29.3 Å². The fourth-order valence-corrected chi connectivity index (χ4v) is 3.02. The van der Waals surface area contributed by atoms with Gasteiger partial charge in [0.15, 0.2) is 0 Å². The third-order valence-electron chi connectivity index (χ3n) is 4.55. The van der Waals surface area contributed by atoms with Gasteiger partial charge in [-0.15, -0.1) is 0 Å². The van der Waals surface area contributed by atoms with Crippen LogP contribution >= 0.6 is 0 Å². The summed E-state index contributed by atoms with van der Waals surface area (Å²) in [5.41, 5.74) is 5.06. The SMILES string of the molecule is Cc1ccc(F)cc1CC(CC1CN(C)CCN1C)NN. The first-order valence-corrected chi connectivity index (χ1v) is 7.59. The second-order valence-corrected chi connectivity index (χ2v) is 6.27. The Morgan fingerprint density at radius 1 is 1.38 bits per heavy atom. The molecular formula is C16H27FN4. The van der Waals surface area contributed by atoms with Gasteiger partial charge in [0.2, 0.25) is 0 Å². The molecular weight excluding hydrogens is 267 g/mol. The van der Waals surface area contributed by atoms with Crippen molar-refractivity contribution in [1.82, 2.24) is 15.2 Å². The molecule has 1 aliphatic rings. The lowest BCUT2D eigenvalue weighted by Gasteiger charge is -2.39. The van der Waals surface area contributed by atoms with Crippen molar-refractivity contribution in [2.75, 3.05) is 33.7 Å². The number of benzene rings is 1. The maximum atomic E-state index is 13.4. The van der Waals surface area contributed by atoms with Crippen molar-refractivity contribution < 1.29 is 4.39 Å². The Morgan fingerprint density at radius 3 is 2.86 bits per heavy atom. The number of nitrogens with zero attached hydrogens (tertiary/aromatic N) is 2. The van der Waals surface area contributed by atoms with E-state index in [1.807, 2.05) is 13.0 Å². The minimum atomic E-state index is -0.180. The zero-order chi connectivity index (χ0) is 15.4.